The summed E-state index contributed by atoms with van der Waals surface area (Å²) < 4.78 is 0. The van der Waals surface area contributed by atoms with Gasteiger partial charge in [0, 0.05) is 17.1 Å². The molecule has 1 aliphatic carbocycles. The van der Waals surface area contributed by atoms with Crippen molar-refractivity contribution in [3.8, 4) is 0 Å². The van der Waals surface area contributed by atoms with Crippen LogP contribution in [0.3, 0.4) is 0 Å². The molecular formula is C22H24ClNO3. The van der Waals surface area contributed by atoms with Crippen molar-refractivity contribution >= 4 is 23.5 Å². The fraction of sp³-hybridized carbons (Fsp3) is 0.364. The van der Waals surface area contributed by atoms with Gasteiger partial charge in [0.25, 0.3) is 5.91 Å². The van der Waals surface area contributed by atoms with E-state index < -0.39 is 11.9 Å². The number of aliphatic carboxylic acids is 1. The van der Waals surface area contributed by atoms with Crippen LogP contribution in [-0.4, -0.2) is 23.5 Å². The van der Waals surface area contributed by atoms with Gasteiger partial charge in [-0.3, -0.25) is 9.59 Å². The number of hydrogen-bond donors (Lipinski definition) is 2. The molecule has 1 fully saturated rings. The summed E-state index contributed by atoms with van der Waals surface area (Å²) in [5.41, 5.74) is 2.23. The lowest BCUT2D eigenvalue weighted by Gasteiger charge is -2.24. The molecule has 2 N–H and O–H groups in total. The third kappa shape index (κ3) is 4.89. The van der Waals surface area contributed by atoms with Crippen LogP contribution in [0, 0.1) is 0 Å². The Balaban J connectivity index is 1.72. The summed E-state index contributed by atoms with van der Waals surface area (Å²) in [5, 5.41) is 13.0. The van der Waals surface area contributed by atoms with E-state index >= 15 is 0 Å². The third-order valence-electron chi connectivity index (χ3n) is 5.27. The Labute approximate surface area is 164 Å². The van der Waals surface area contributed by atoms with Crippen molar-refractivity contribution in [3.05, 3.63) is 70.2 Å². The minimum atomic E-state index is -0.982. The molecule has 1 aliphatic rings. The molecule has 3 rings (SSSR count). The Morgan fingerprint density at radius 3 is 2.41 bits per heavy atom. The molecule has 2 aromatic rings. The van der Waals surface area contributed by atoms with Crippen LogP contribution in [-0.2, 0) is 4.79 Å². The number of amides is 1. The third-order valence-corrected chi connectivity index (χ3v) is 5.60. The van der Waals surface area contributed by atoms with Crippen molar-refractivity contribution in [1.82, 2.24) is 5.32 Å². The highest BCUT2D eigenvalue weighted by Crippen LogP contribution is 2.37. The molecule has 5 heteroatoms. The molecule has 1 unspecified atom stereocenters. The number of halogens is 1. The van der Waals surface area contributed by atoms with Crippen LogP contribution < -0.4 is 5.32 Å². The van der Waals surface area contributed by atoms with E-state index in [1.54, 1.807) is 30.3 Å². The van der Waals surface area contributed by atoms with Crippen LogP contribution in [0.15, 0.2) is 48.5 Å². The standard InChI is InChI=1S/C22H24ClNO3/c23-20-13-17(11-12-18(20)15-7-3-1-4-8-15)19(22(26)27)14-24-21(25)16-9-5-2-6-10-16/h2,5-6,9-13,15,19H,1,3-4,7-8,14H2,(H,24,25)(H,26,27). The number of carboxylic acid groups (broad SMARTS) is 1. The summed E-state index contributed by atoms with van der Waals surface area (Å²) in [7, 11) is 0. The van der Waals surface area contributed by atoms with E-state index in [9.17, 15) is 14.7 Å². The molecule has 142 valence electrons. The van der Waals surface area contributed by atoms with Crippen LogP contribution in [0.1, 0.15) is 65.4 Å². The summed E-state index contributed by atoms with van der Waals surface area (Å²) in [6.07, 6.45) is 5.97. The maximum absolute atomic E-state index is 12.2. The van der Waals surface area contributed by atoms with E-state index in [-0.39, 0.29) is 12.5 Å². The first-order valence-electron chi connectivity index (χ1n) is 9.41. The molecule has 0 aliphatic heterocycles. The highest BCUT2D eigenvalue weighted by Gasteiger charge is 2.24. The predicted octanol–water partition coefficient (Wildman–Crippen LogP) is 4.99. The van der Waals surface area contributed by atoms with Crippen molar-refractivity contribution in [2.24, 2.45) is 0 Å². The Hall–Kier alpha value is -2.33. The SMILES string of the molecule is O=C(NCC(C(=O)O)c1ccc(C2CCCCC2)c(Cl)c1)c1ccccc1. The molecule has 2 aromatic carbocycles. The molecule has 0 bridgehead atoms. The van der Waals surface area contributed by atoms with Gasteiger partial charge in [-0.15, -0.1) is 0 Å². The average Bonchev–Trinajstić information content (AvgIpc) is 2.69. The molecule has 0 spiro atoms. The summed E-state index contributed by atoms with van der Waals surface area (Å²) >= 11 is 6.49. The van der Waals surface area contributed by atoms with E-state index in [0.717, 1.165) is 18.4 Å². The molecule has 1 amide bonds. The Morgan fingerprint density at radius 1 is 1.07 bits per heavy atom. The Bertz CT molecular complexity index is 800. The minimum Gasteiger partial charge on any atom is -0.481 e. The molecule has 0 aromatic heterocycles. The summed E-state index contributed by atoms with van der Waals surface area (Å²) in [6.45, 7) is 0.0160. The molecule has 27 heavy (non-hydrogen) atoms. The van der Waals surface area contributed by atoms with Gasteiger partial charge in [0.2, 0.25) is 0 Å². The lowest BCUT2D eigenvalue weighted by molar-refractivity contribution is -0.138. The lowest BCUT2D eigenvalue weighted by Crippen LogP contribution is -2.31. The fourth-order valence-electron chi connectivity index (χ4n) is 3.74. The maximum Gasteiger partial charge on any atom is 0.312 e. The number of benzene rings is 2. The van der Waals surface area contributed by atoms with Crippen molar-refractivity contribution in [2.45, 2.75) is 43.9 Å². The quantitative estimate of drug-likeness (QED) is 0.736. The number of carbonyl (C=O) groups excluding carboxylic acids is 1. The molecular weight excluding hydrogens is 362 g/mol. The van der Waals surface area contributed by atoms with Gasteiger partial charge in [0.1, 0.15) is 0 Å². The first kappa shape index (κ1) is 19.4. The second-order valence-electron chi connectivity index (χ2n) is 7.08. The zero-order valence-electron chi connectivity index (χ0n) is 15.2. The number of rotatable bonds is 6. The molecule has 1 saturated carbocycles. The van der Waals surface area contributed by atoms with E-state index in [0.29, 0.717) is 22.1 Å². The van der Waals surface area contributed by atoms with Crippen LogP contribution in [0.25, 0.3) is 0 Å². The first-order valence-corrected chi connectivity index (χ1v) is 9.79. The predicted molar refractivity (Wildman–Crippen MR) is 106 cm³/mol. The van der Waals surface area contributed by atoms with Gasteiger partial charge < -0.3 is 10.4 Å². The van der Waals surface area contributed by atoms with Crippen LogP contribution in [0.2, 0.25) is 5.02 Å². The van der Waals surface area contributed by atoms with Gasteiger partial charge in [0.05, 0.1) is 5.92 Å². The van der Waals surface area contributed by atoms with Crippen molar-refractivity contribution < 1.29 is 14.7 Å². The van der Waals surface area contributed by atoms with Crippen LogP contribution in [0.5, 0.6) is 0 Å². The highest BCUT2D eigenvalue weighted by molar-refractivity contribution is 6.31. The Morgan fingerprint density at radius 2 is 1.78 bits per heavy atom. The van der Waals surface area contributed by atoms with Gasteiger partial charge in [-0.25, -0.2) is 0 Å². The van der Waals surface area contributed by atoms with Gasteiger partial charge in [-0.2, -0.15) is 0 Å². The second-order valence-corrected chi connectivity index (χ2v) is 7.49. The normalized spacial score (nSPS) is 15.9. The monoisotopic (exact) mass is 385 g/mol. The van der Waals surface area contributed by atoms with Gasteiger partial charge in [-0.05, 0) is 48.1 Å². The van der Waals surface area contributed by atoms with E-state index in [1.165, 1.54) is 19.3 Å². The zero-order chi connectivity index (χ0) is 19.2. The summed E-state index contributed by atoms with van der Waals surface area (Å²) in [6, 6.07) is 14.3. The molecule has 0 heterocycles. The van der Waals surface area contributed by atoms with Crippen LogP contribution >= 0.6 is 11.6 Å². The zero-order valence-corrected chi connectivity index (χ0v) is 15.9. The topological polar surface area (TPSA) is 66.4 Å². The van der Waals surface area contributed by atoms with Crippen molar-refractivity contribution in [1.29, 1.82) is 0 Å². The summed E-state index contributed by atoms with van der Waals surface area (Å²) in [5.74, 6) is -1.64. The molecule has 4 nitrogen and oxygen atoms in total. The van der Waals surface area contributed by atoms with E-state index in [1.807, 2.05) is 18.2 Å². The average molecular weight is 386 g/mol. The maximum atomic E-state index is 12.2. The van der Waals surface area contributed by atoms with Gasteiger partial charge >= 0.3 is 5.97 Å². The van der Waals surface area contributed by atoms with E-state index in [4.69, 9.17) is 11.6 Å². The number of carbonyl (C=O) groups is 2. The van der Waals surface area contributed by atoms with Gasteiger partial charge in [0.15, 0.2) is 0 Å². The first-order chi connectivity index (χ1) is 13.1. The van der Waals surface area contributed by atoms with Gasteiger partial charge in [-0.1, -0.05) is 61.2 Å². The van der Waals surface area contributed by atoms with E-state index in [2.05, 4.69) is 5.32 Å². The van der Waals surface area contributed by atoms with Crippen molar-refractivity contribution in [3.63, 3.8) is 0 Å². The van der Waals surface area contributed by atoms with Crippen molar-refractivity contribution in [2.75, 3.05) is 6.54 Å². The minimum absolute atomic E-state index is 0.0160. The molecule has 0 saturated heterocycles. The molecule has 1 atom stereocenters. The highest BCUT2D eigenvalue weighted by atomic mass is 35.5. The fourth-order valence-corrected chi connectivity index (χ4v) is 4.08. The number of nitrogens with one attached hydrogen (secondary N) is 1. The summed E-state index contributed by atoms with van der Waals surface area (Å²) in [4.78, 5) is 24.0. The van der Waals surface area contributed by atoms with Crippen LogP contribution in [0.4, 0.5) is 0 Å². The Kier molecular flexibility index (Phi) is 6.51. The largest absolute Gasteiger partial charge is 0.481 e. The smallest absolute Gasteiger partial charge is 0.312 e. The number of hydrogen-bond acceptors (Lipinski definition) is 2. The lowest BCUT2D eigenvalue weighted by atomic mass is 9.83. The number of carboxylic acids is 1. The second kappa shape index (κ2) is 9.05. The molecule has 0 radical (unpaired) electrons.